The molecule has 4 heteroatoms. The average molecular weight is 628 g/mol. The van der Waals surface area contributed by atoms with E-state index in [1.54, 1.807) is 0 Å². The van der Waals surface area contributed by atoms with Gasteiger partial charge in [0.25, 0.3) is 0 Å². The van der Waals surface area contributed by atoms with E-state index in [1.807, 2.05) is 54.6 Å². The molecule has 7 aromatic carbocycles. The van der Waals surface area contributed by atoms with Gasteiger partial charge in [-0.2, -0.15) is 0 Å². The number of nitrogens with zero attached hydrogens (tertiary/aromatic N) is 3. The second-order valence-corrected chi connectivity index (χ2v) is 12.1. The molecule has 49 heavy (non-hydrogen) atoms. The maximum absolute atomic E-state index is 6.44. The van der Waals surface area contributed by atoms with Crippen molar-refractivity contribution in [3.8, 4) is 67.5 Å². The summed E-state index contributed by atoms with van der Waals surface area (Å²) >= 11 is 0. The molecule has 4 nitrogen and oxygen atoms in total. The number of furan rings is 1. The summed E-state index contributed by atoms with van der Waals surface area (Å²) in [6, 6.07) is 60.5. The minimum absolute atomic E-state index is 0.598. The Hall–Kier alpha value is -6.65. The lowest BCUT2D eigenvalue weighted by molar-refractivity contribution is 0.669. The van der Waals surface area contributed by atoms with Gasteiger partial charge in [-0.3, -0.25) is 0 Å². The smallest absolute Gasteiger partial charge is 0.164 e. The molecule has 2 aromatic heterocycles. The topological polar surface area (TPSA) is 51.8 Å². The van der Waals surface area contributed by atoms with Crippen LogP contribution in [0.4, 0.5) is 0 Å². The number of hydrogen-bond donors (Lipinski definition) is 0. The van der Waals surface area contributed by atoms with E-state index in [4.69, 9.17) is 19.4 Å². The number of hydrogen-bond acceptors (Lipinski definition) is 4. The Bertz CT molecular complexity index is 2590. The first-order valence-corrected chi connectivity index (χ1v) is 16.4. The Labute approximate surface area is 284 Å². The zero-order chi connectivity index (χ0) is 32.6. The largest absolute Gasteiger partial charge is 0.456 e. The van der Waals surface area contributed by atoms with E-state index in [0.29, 0.717) is 17.5 Å². The van der Waals surface area contributed by atoms with Crippen molar-refractivity contribution in [3.05, 3.63) is 176 Å². The molecule has 2 heterocycles. The van der Waals surface area contributed by atoms with E-state index in [2.05, 4.69) is 121 Å². The van der Waals surface area contributed by atoms with Crippen molar-refractivity contribution in [3.63, 3.8) is 0 Å². The molecule has 0 bridgehead atoms. The van der Waals surface area contributed by atoms with Gasteiger partial charge in [0, 0.05) is 27.5 Å². The van der Waals surface area contributed by atoms with Crippen LogP contribution in [0.5, 0.6) is 0 Å². The molecular weight excluding hydrogens is 599 g/mol. The molecule has 0 aliphatic heterocycles. The van der Waals surface area contributed by atoms with Crippen LogP contribution in [-0.4, -0.2) is 15.0 Å². The van der Waals surface area contributed by atoms with Gasteiger partial charge in [0.1, 0.15) is 11.2 Å². The molecule has 9 rings (SSSR count). The molecule has 230 valence electrons. The summed E-state index contributed by atoms with van der Waals surface area (Å²) in [7, 11) is 0. The fraction of sp³-hybridized carbons (Fsp3) is 0. The Morgan fingerprint density at radius 3 is 1.43 bits per heavy atom. The summed E-state index contributed by atoms with van der Waals surface area (Å²) in [5.41, 5.74) is 11.2. The maximum Gasteiger partial charge on any atom is 0.164 e. The minimum Gasteiger partial charge on any atom is -0.456 e. The third kappa shape index (κ3) is 5.45. The second-order valence-electron chi connectivity index (χ2n) is 12.1. The summed E-state index contributed by atoms with van der Waals surface area (Å²) in [5.74, 6) is 1.83. The van der Waals surface area contributed by atoms with Gasteiger partial charge >= 0.3 is 0 Å². The van der Waals surface area contributed by atoms with Crippen LogP contribution in [0.3, 0.4) is 0 Å². The van der Waals surface area contributed by atoms with Crippen molar-refractivity contribution in [2.45, 2.75) is 0 Å². The third-order valence-electron chi connectivity index (χ3n) is 8.94. The molecule has 0 saturated heterocycles. The molecule has 0 aliphatic carbocycles. The van der Waals surface area contributed by atoms with E-state index in [0.717, 1.165) is 60.9 Å². The first-order chi connectivity index (χ1) is 24.3. The van der Waals surface area contributed by atoms with E-state index in [9.17, 15) is 0 Å². The summed E-state index contributed by atoms with van der Waals surface area (Å²) in [6.07, 6.45) is 0. The normalized spacial score (nSPS) is 11.3. The van der Waals surface area contributed by atoms with Gasteiger partial charge in [-0.05, 0) is 63.7 Å². The van der Waals surface area contributed by atoms with Crippen molar-refractivity contribution in [2.24, 2.45) is 0 Å². The molecule has 0 atom stereocenters. The minimum atomic E-state index is 0.598. The van der Waals surface area contributed by atoms with Crippen LogP contribution in [0.1, 0.15) is 0 Å². The first kappa shape index (κ1) is 28.6. The van der Waals surface area contributed by atoms with Crippen molar-refractivity contribution in [1.82, 2.24) is 15.0 Å². The predicted octanol–water partition coefficient (Wildman–Crippen LogP) is 11.8. The van der Waals surface area contributed by atoms with Crippen LogP contribution in [-0.2, 0) is 0 Å². The standard InChI is InChI=1S/C45H29N3O/c1-4-13-30(14-5-1)33-19-10-20-34(27-33)35-21-11-22-37(28-35)44-46-43(32-17-8-3-9-18-32)47-45(48-44)39-23-12-24-40-42(39)38-26-25-36(29-41(38)49-40)31-15-6-2-7-16-31/h1-29H. The monoisotopic (exact) mass is 627 g/mol. The highest BCUT2D eigenvalue weighted by Gasteiger charge is 2.18. The Kier molecular flexibility index (Phi) is 7.10. The zero-order valence-corrected chi connectivity index (χ0v) is 26.5. The van der Waals surface area contributed by atoms with E-state index in [-0.39, 0.29) is 0 Å². The van der Waals surface area contributed by atoms with Gasteiger partial charge in [0.15, 0.2) is 17.5 Å². The summed E-state index contributed by atoms with van der Waals surface area (Å²) in [4.78, 5) is 15.2. The van der Waals surface area contributed by atoms with E-state index < -0.39 is 0 Å². The highest BCUT2D eigenvalue weighted by Crippen LogP contribution is 2.38. The quantitative estimate of drug-likeness (QED) is 0.184. The van der Waals surface area contributed by atoms with Gasteiger partial charge < -0.3 is 4.42 Å². The Morgan fingerprint density at radius 1 is 0.306 bits per heavy atom. The molecule has 0 radical (unpaired) electrons. The highest BCUT2D eigenvalue weighted by atomic mass is 16.3. The lowest BCUT2D eigenvalue weighted by Crippen LogP contribution is -2.00. The second kappa shape index (κ2) is 12.2. The molecule has 9 aromatic rings. The molecule has 0 fully saturated rings. The molecule has 0 aliphatic rings. The molecule has 0 N–H and O–H groups in total. The van der Waals surface area contributed by atoms with Crippen LogP contribution in [0.2, 0.25) is 0 Å². The van der Waals surface area contributed by atoms with Crippen molar-refractivity contribution >= 4 is 21.9 Å². The first-order valence-electron chi connectivity index (χ1n) is 16.4. The maximum atomic E-state index is 6.44. The zero-order valence-electron chi connectivity index (χ0n) is 26.5. The predicted molar refractivity (Wildman–Crippen MR) is 200 cm³/mol. The lowest BCUT2D eigenvalue weighted by atomic mass is 9.98. The number of benzene rings is 7. The van der Waals surface area contributed by atoms with Gasteiger partial charge in [-0.1, -0.05) is 146 Å². The molecular formula is C45H29N3O. The van der Waals surface area contributed by atoms with Gasteiger partial charge in [0.2, 0.25) is 0 Å². The molecule has 0 saturated carbocycles. The van der Waals surface area contributed by atoms with Crippen molar-refractivity contribution < 1.29 is 4.42 Å². The van der Waals surface area contributed by atoms with Crippen LogP contribution in [0.15, 0.2) is 180 Å². The fourth-order valence-corrected chi connectivity index (χ4v) is 6.51. The molecule has 0 amide bonds. The van der Waals surface area contributed by atoms with Crippen molar-refractivity contribution in [1.29, 1.82) is 0 Å². The van der Waals surface area contributed by atoms with Crippen LogP contribution in [0, 0.1) is 0 Å². The van der Waals surface area contributed by atoms with E-state index >= 15 is 0 Å². The number of rotatable bonds is 6. The van der Waals surface area contributed by atoms with Crippen LogP contribution < -0.4 is 0 Å². The van der Waals surface area contributed by atoms with Gasteiger partial charge in [0.05, 0.1) is 0 Å². The Balaban J connectivity index is 1.19. The fourth-order valence-electron chi connectivity index (χ4n) is 6.51. The van der Waals surface area contributed by atoms with Crippen LogP contribution >= 0.6 is 0 Å². The summed E-state index contributed by atoms with van der Waals surface area (Å²) in [6.45, 7) is 0. The summed E-state index contributed by atoms with van der Waals surface area (Å²) in [5, 5.41) is 2.01. The highest BCUT2D eigenvalue weighted by molar-refractivity contribution is 6.12. The van der Waals surface area contributed by atoms with E-state index in [1.165, 1.54) is 11.1 Å². The van der Waals surface area contributed by atoms with Gasteiger partial charge in [-0.15, -0.1) is 0 Å². The molecule has 0 unspecified atom stereocenters. The SMILES string of the molecule is c1ccc(-c2cccc(-c3cccc(-c4nc(-c5ccccc5)nc(-c5cccc6oc7cc(-c8ccccc8)ccc7c56)n4)c3)c2)cc1. The molecule has 0 spiro atoms. The van der Waals surface area contributed by atoms with Crippen molar-refractivity contribution in [2.75, 3.05) is 0 Å². The number of aromatic nitrogens is 3. The average Bonchev–Trinajstić information content (AvgIpc) is 3.57. The lowest BCUT2D eigenvalue weighted by Gasteiger charge is -2.11. The van der Waals surface area contributed by atoms with Crippen LogP contribution in [0.25, 0.3) is 89.5 Å². The third-order valence-corrected chi connectivity index (χ3v) is 8.94. The number of fused-ring (bicyclic) bond motifs is 3. The Morgan fingerprint density at radius 2 is 0.776 bits per heavy atom. The summed E-state index contributed by atoms with van der Waals surface area (Å²) < 4.78 is 6.44. The van der Waals surface area contributed by atoms with Gasteiger partial charge in [-0.25, -0.2) is 15.0 Å².